The van der Waals surface area contributed by atoms with Crippen LogP contribution >= 0.6 is 11.6 Å². The molecule has 0 unspecified atom stereocenters. The number of nitrogens with one attached hydrogen (secondary N) is 1. The molecule has 1 fully saturated rings. The lowest BCUT2D eigenvalue weighted by Crippen LogP contribution is -2.34. The first-order valence-corrected chi connectivity index (χ1v) is 7.25. The molecule has 0 bridgehead atoms. The summed E-state index contributed by atoms with van der Waals surface area (Å²) in [4.78, 5) is 0.115. The van der Waals surface area contributed by atoms with E-state index in [9.17, 15) is 8.42 Å². The van der Waals surface area contributed by atoms with Crippen LogP contribution in [-0.4, -0.2) is 14.0 Å². The molecule has 0 heterocycles. The van der Waals surface area contributed by atoms with Crippen LogP contribution in [-0.2, 0) is 16.6 Å². The highest BCUT2D eigenvalue weighted by Crippen LogP contribution is 2.36. The number of benzene rings is 1. The van der Waals surface area contributed by atoms with E-state index < -0.39 is 10.0 Å². The monoisotopic (exact) mass is 274 g/mol. The average Bonchev–Trinajstić information content (AvgIpc) is 2.94. The molecule has 1 saturated carbocycles. The van der Waals surface area contributed by atoms with Crippen molar-refractivity contribution in [1.82, 2.24) is 4.72 Å². The lowest BCUT2D eigenvalue weighted by atomic mass is 10.2. The van der Waals surface area contributed by atoms with Gasteiger partial charge in [-0.05, 0) is 37.5 Å². The zero-order chi connectivity index (χ0) is 12.7. The van der Waals surface area contributed by atoms with Gasteiger partial charge in [0.15, 0.2) is 0 Å². The lowest BCUT2D eigenvalue weighted by Gasteiger charge is -2.13. The summed E-state index contributed by atoms with van der Waals surface area (Å²) >= 11 is 5.97. The van der Waals surface area contributed by atoms with Crippen LogP contribution in [0.3, 0.4) is 0 Å². The van der Waals surface area contributed by atoms with Gasteiger partial charge in [-0.1, -0.05) is 17.7 Å². The zero-order valence-corrected chi connectivity index (χ0v) is 11.1. The number of halogens is 1. The topological polar surface area (TPSA) is 72.2 Å². The van der Waals surface area contributed by atoms with Gasteiger partial charge in [0.2, 0.25) is 10.0 Å². The first-order chi connectivity index (χ1) is 7.86. The highest BCUT2D eigenvalue weighted by molar-refractivity contribution is 7.89. The molecule has 1 aromatic rings. The molecule has 0 spiro atoms. The molecule has 1 aromatic carbocycles. The summed E-state index contributed by atoms with van der Waals surface area (Å²) in [6.07, 6.45) is 1.73. The molecule has 17 heavy (non-hydrogen) atoms. The van der Waals surface area contributed by atoms with Crippen molar-refractivity contribution in [2.45, 2.75) is 36.7 Å². The van der Waals surface area contributed by atoms with Crippen molar-refractivity contribution in [3.05, 3.63) is 28.8 Å². The molecule has 2 rings (SSSR count). The predicted octanol–water partition coefficient (Wildman–Crippen LogP) is 1.63. The highest BCUT2D eigenvalue weighted by Gasteiger charge is 2.41. The number of hydrogen-bond donors (Lipinski definition) is 2. The SMILES string of the molecule is CC1(NS(=O)(=O)c2ccc(CN)cc2Cl)CC1. The van der Waals surface area contributed by atoms with E-state index in [4.69, 9.17) is 17.3 Å². The third-order valence-corrected chi connectivity index (χ3v) is 5.02. The molecule has 0 aromatic heterocycles. The largest absolute Gasteiger partial charge is 0.326 e. The van der Waals surface area contributed by atoms with Crippen LogP contribution in [0.15, 0.2) is 23.1 Å². The maximum Gasteiger partial charge on any atom is 0.242 e. The Morgan fingerprint density at radius 1 is 1.47 bits per heavy atom. The van der Waals surface area contributed by atoms with Crippen molar-refractivity contribution in [3.8, 4) is 0 Å². The summed E-state index contributed by atoms with van der Waals surface area (Å²) in [5.74, 6) is 0. The molecule has 4 nitrogen and oxygen atoms in total. The summed E-state index contributed by atoms with van der Waals surface area (Å²) < 4.78 is 26.8. The minimum atomic E-state index is -3.53. The van der Waals surface area contributed by atoms with Gasteiger partial charge in [0.25, 0.3) is 0 Å². The Hall–Kier alpha value is -0.620. The molecule has 1 aliphatic rings. The average molecular weight is 275 g/mol. The molecular formula is C11H15ClN2O2S. The number of sulfonamides is 1. The van der Waals surface area contributed by atoms with Gasteiger partial charge in [0.05, 0.1) is 5.02 Å². The second kappa shape index (κ2) is 4.24. The van der Waals surface area contributed by atoms with E-state index in [1.165, 1.54) is 6.07 Å². The maximum absolute atomic E-state index is 12.1. The van der Waals surface area contributed by atoms with Gasteiger partial charge >= 0.3 is 0 Å². The second-order valence-electron chi connectivity index (χ2n) is 4.64. The zero-order valence-electron chi connectivity index (χ0n) is 9.53. The number of hydrogen-bond acceptors (Lipinski definition) is 3. The molecule has 3 N–H and O–H groups in total. The van der Waals surface area contributed by atoms with Crippen LogP contribution in [0.1, 0.15) is 25.3 Å². The second-order valence-corrected chi connectivity index (χ2v) is 6.69. The van der Waals surface area contributed by atoms with Crippen LogP contribution in [0.25, 0.3) is 0 Å². The van der Waals surface area contributed by atoms with E-state index >= 15 is 0 Å². The van der Waals surface area contributed by atoms with E-state index in [-0.39, 0.29) is 15.5 Å². The van der Waals surface area contributed by atoms with Crippen molar-refractivity contribution in [2.24, 2.45) is 5.73 Å². The van der Waals surface area contributed by atoms with Crippen LogP contribution < -0.4 is 10.5 Å². The highest BCUT2D eigenvalue weighted by atomic mass is 35.5. The molecule has 0 aliphatic heterocycles. The Morgan fingerprint density at radius 2 is 2.12 bits per heavy atom. The number of nitrogens with two attached hydrogens (primary N) is 1. The molecule has 0 radical (unpaired) electrons. The van der Waals surface area contributed by atoms with Gasteiger partial charge in [-0.15, -0.1) is 0 Å². The normalized spacial score (nSPS) is 18.1. The lowest BCUT2D eigenvalue weighted by molar-refractivity contribution is 0.558. The molecule has 0 saturated heterocycles. The van der Waals surface area contributed by atoms with E-state index in [0.717, 1.165) is 18.4 Å². The fourth-order valence-corrected chi connectivity index (χ4v) is 3.59. The quantitative estimate of drug-likeness (QED) is 0.877. The van der Waals surface area contributed by atoms with E-state index in [1.54, 1.807) is 12.1 Å². The Labute approximate surface area is 106 Å². The van der Waals surface area contributed by atoms with Crippen LogP contribution in [0.2, 0.25) is 5.02 Å². The van der Waals surface area contributed by atoms with Crippen molar-refractivity contribution in [1.29, 1.82) is 0 Å². The van der Waals surface area contributed by atoms with E-state index in [1.807, 2.05) is 6.92 Å². The summed E-state index contributed by atoms with van der Waals surface area (Å²) in [6.45, 7) is 2.22. The summed E-state index contributed by atoms with van der Waals surface area (Å²) in [5.41, 5.74) is 5.98. The van der Waals surface area contributed by atoms with Gasteiger partial charge in [0.1, 0.15) is 4.90 Å². The Bertz CT molecular complexity index is 538. The molecule has 0 amide bonds. The molecule has 0 atom stereocenters. The van der Waals surface area contributed by atoms with Crippen LogP contribution in [0.4, 0.5) is 0 Å². The smallest absolute Gasteiger partial charge is 0.242 e. The van der Waals surface area contributed by atoms with Crippen LogP contribution in [0.5, 0.6) is 0 Å². The predicted molar refractivity (Wildman–Crippen MR) is 67.3 cm³/mol. The van der Waals surface area contributed by atoms with Crippen molar-refractivity contribution >= 4 is 21.6 Å². The summed E-state index contributed by atoms with van der Waals surface area (Å²) in [5, 5.41) is 0.213. The minimum Gasteiger partial charge on any atom is -0.326 e. The molecule has 1 aliphatic carbocycles. The third-order valence-electron chi connectivity index (χ3n) is 2.90. The maximum atomic E-state index is 12.1. The fraction of sp³-hybridized carbons (Fsp3) is 0.455. The van der Waals surface area contributed by atoms with Crippen molar-refractivity contribution in [3.63, 3.8) is 0 Å². The number of rotatable bonds is 4. The van der Waals surface area contributed by atoms with Crippen LogP contribution in [0, 0.1) is 0 Å². The molecule has 94 valence electrons. The Morgan fingerprint density at radius 3 is 2.59 bits per heavy atom. The van der Waals surface area contributed by atoms with Gasteiger partial charge in [0, 0.05) is 12.1 Å². The first kappa shape index (κ1) is 12.8. The van der Waals surface area contributed by atoms with Crippen molar-refractivity contribution < 1.29 is 8.42 Å². The van der Waals surface area contributed by atoms with Crippen molar-refractivity contribution in [2.75, 3.05) is 0 Å². The fourth-order valence-electron chi connectivity index (χ4n) is 1.56. The minimum absolute atomic E-state index is 0.115. The Kier molecular flexibility index (Phi) is 3.20. The van der Waals surface area contributed by atoms with E-state index in [0.29, 0.717) is 6.54 Å². The molecular weight excluding hydrogens is 260 g/mol. The van der Waals surface area contributed by atoms with Gasteiger partial charge < -0.3 is 5.73 Å². The Balaban J connectivity index is 2.33. The summed E-state index contributed by atoms with van der Waals surface area (Å²) in [7, 11) is -3.53. The van der Waals surface area contributed by atoms with E-state index in [2.05, 4.69) is 4.72 Å². The van der Waals surface area contributed by atoms with Gasteiger partial charge in [-0.25, -0.2) is 13.1 Å². The standard InChI is InChI=1S/C11H15ClN2O2S/c1-11(4-5-11)14-17(15,16)10-3-2-8(7-13)6-9(10)12/h2-3,6,14H,4-5,7,13H2,1H3. The first-order valence-electron chi connectivity index (χ1n) is 5.39. The molecule has 6 heteroatoms. The third kappa shape index (κ3) is 2.80. The van der Waals surface area contributed by atoms with Gasteiger partial charge in [-0.2, -0.15) is 0 Å². The summed E-state index contributed by atoms with van der Waals surface area (Å²) in [6, 6.07) is 4.76. The van der Waals surface area contributed by atoms with Gasteiger partial charge in [-0.3, -0.25) is 0 Å².